The fourth-order valence-electron chi connectivity index (χ4n) is 1.83. The zero-order chi connectivity index (χ0) is 17.4. The number of hydrogen-bond acceptors (Lipinski definition) is 4. The number of hydrogen-bond donors (Lipinski definition) is 1. The van der Waals surface area contributed by atoms with Crippen molar-refractivity contribution in [2.24, 2.45) is 5.10 Å². The summed E-state index contributed by atoms with van der Waals surface area (Å²) in [6.45, 7) is 0.163. The maximum Gasteiger partial charge on any atom is 0.271 e. The number of carbonyl (C=O) groups is 1. The molecule has 2 aromatic carbocycles. The van der Waals surface area contributed by atoms with Crippen molar-refractivity contribution in [2.75, 3.05) is 13.7 Å². The maximum atomic E-state index is 12.0. The molecule has 122 valence electrons. The monoisotopic (exact) mass is 434 g/mol. The summed E-state index contributed by atoms with van der Waals surface area (Å²) in [4.78, 5) is 12.0. The molecule has 0 aliphatic carbocycles. The van der Waals surface area contributed by atoms with Gasteiger partial charge in [-0.3, -0.25) is 4.79 Å². The Balaban J connectivity index is 2.02. The lowest BCUT2D eigenvalue weighted by molar-refractivity contribution is 0.0955. The molecule has 0 aromatic heterocycles. The molecule has 0 heterocycles. The summed E-state index contributed by atoms with van der Waals surface area (Å²) in [6, 6.07) is 12.5. The predicted octanol–water partition coefficient (Wildman–Crippen LogP) is 3.08. The molecule has 0 radical (unpaired) electrons. The van der Waals surface area contributed by atoms with Gasteiger partial charge in [0, 0.05) is 9.13 Å². The van der Waals surface area contributed by atoms with Crippen LogP contribution >= 0.6 is 22.6 Å². The average Bonchev–Trinajstić information content (AvgIpc) is 2.60. The molecule has 2 rings (SSSR count). The number of terminal acetylenes is 1. The molecule has 5 nitrogen and oxygen atoms in total. The number of hydrazone groups is 1. The number of benzene rings is 2. The molecule has 0 aliphatic heterocycles. The van der Waals surface area contributed by atoms with Crippen LogP contribution < -0.4 is 14.9 Å². The van der Waals surface area contributed by atoms with Gasteiger partial charge in [0.05, 0.1) is 13.3 Å². The highest BCUT2D eigenvalue weighted by Gasteiger charge is 2.05. The summed E-state index contributed by atoms with van der Waals surface area (Å²) in [5, 5.41) is 3.95. The van der Waals surface area contributed by atoms with Gasteiger partial charge in [-0.05, 0) is 70.6 Å². The van der Waals surface area contributed by atoms with Gasteiger partial charge in [-0.15, -0.1) is 6.42 Å². The standard InChI is InChI=1S/C18H15IN2O3/c1-3-10-24-16-9-4-13(11-17(16)23-2)12-20-21-18(22)14-5-7-15(19)8-6-14/h1,4-9,11-12H,10H2,2H3,(H,21,22)/b20-12-. The number of methoxy groups -OCH3 is 1. The molecule has 0 saturated heterocycles. The number of carbonyl (C=O) groups excluding carboxylic acids is 1. The summed E-state index contributed by atoms with van der Waals surface area (Å²) < 4.78 is 11.7. The van der Waals surface area contributed by atoms with E-state index < -0.39 is 0 Å². The Morgan fingerprint density at radius 1 is 1.29 bits per heavy atom. The van der Waals surface area contributed by atoms with Crippen LogP contribution in [0, 0.1) is 15.9 Å². The Morgan fingerprint density at radius 3 is 2.71 bits per heavy atom. The molecule has 0 aliphatic rings. The van der Waals surface area contributed by atoms with Crippen LogP contribution in [0.3, 0.4) is 0 Å². The Bertz CT molecular complexity index is 780. The van der Waals surface area contributed by atoms with Crippen LogP contribution in [0.4, 0.5) is 0 Å². The van der Waals surface area contributed by atoms with Crippen molar-refractivity contribution >= 4 is 34.7 Å². The normalized spacial score (nSPS) is 10.2. The number of nitrogens with one attached hydrogen (secondary N) is 1. The van der Waals surface area contributed by atoms with Crippen LogP contribution in [0.15, 0.2) is 47.6 Å². The molecule has 6 heteroatoms. The van der Waals surface area contributed by atoms with E-state index >= 15 is 0 Å². The molecule has 24 heavy (non-hydrogen) atoms. The quantitative estimate of drug-likeness (QED) is 0.329. The molecule has 0 bridgehead atoms. The summed E-state index contributed by atoms with van der Waals surface area (Å²) >= 11 is 2.18. The van der Waals surface area contributed by atoms with Crippen molar-refractivity contribution in [3.63, 3.8) is 0 Å². The van der Waals surface area contributed by atoms with Crippen LogP contribution in [-0.2, 0) is 0 Å². The molecule has 0 atom stereocenters. The van der Waals surface area contributed by atoms with Crippen molar-refractivity contribution in [3.8, 4) is 23.8 Å². The second-order valence-electron chi connectivity index (χ2n) is 4.61. The first kappa shape index (κ1) is 17.8. The molecular weight excluding hydrogens is 419 g/mol. The van der Waals surface area contributed by atoms with Crippen LogP contribution in [-0.4, -0.2) is 25.8 Å². The Morgan fingerprint density at radius 2 is 2.04 bits per heavy atom. The van der Waals surface area contributed by atoms with Crippen LogP contribution in [0.1, 0.15) is 15.9 Å². The van der Waals surface area contributed by atoms with Crippen LogP contribution in [0.5, 0.6) is 11.5 Å². The van der Waals surface area contributed by atoms with Crippen molar-refractivity contribution in [1.29, 1.82) is 0 Å². The van der Waals surface area contributed by atoms with E-state index in [1.54, 1.807) is 30.3 Å². The zero-order valence-corrected chi connectivity index (χ0v) is 15.1. The van der Waals surface area contributed by atoms with Crippen LogP contribution in [0.25, 0.3) is 0 Å². The van der Waals surface area contributed by atoms with E-state index in [1.165, 1.54) is 13.3 Å². The predicted molar refractivity (Wildman–Crippen MR) is 102 cm³/mol. The first-order valence-corrected chi connectivity index (χ1v) is 8.05. The maximum absolute atomic E-state index is 12.0. The molecule has 0 saturated carbocycles. The van der Waals surface area contributed by atoms with E-state index in [0.29, 0.717) is 17.1 Å². The molecule has 1 amide bonds. The van der Waals surface area contributed by atoms with Gasteiger partial charge in [0.25, 0.3) is 5.91 Å². The third-order valence-corrected chi connectivity index (χ3v) is 3.70. The molecule has 0 unspecified atom stereocenters. The highest BCUT2D eigenvalue weighted by Crippen LogP contribution is 2.27. The second-order valence-corrected chi connectivity index (χ2v) is 5.85. The number of rotatable bonds is 6. The second kappa shape index (κ2) is 8.93. The van der Waals surface area contributed by atoms with E-state index in [9.17, 15) is 4.79 Å². The fourth-order valence-corrected chi connectivity index (χ4v) is 2.19. The summed E-state index contributed by atoms with van der Waals surface area (Å²) in [6.07, 6.45) is 6.70. The summed E-state index contributed by atoms with van der Waals surface area (Å²) in [5.74, 6) is 3.21. The van der Waals surface area contributed by atoms with E-state index in [1.807, 2.05) is 12.1 Å². The van der Waals surface area contributed by atoms with E-state index in [2.05, 4.69) is 39.0 Å². The van der Waals surface area contributed by atoms with Crippen LogP contribution in [0.2, 0.25) is 0 Å². The minimum atomic E-state index is -0.274. The highest BCUT2D eigenvalue weighted by molar-refractivity contribution is 14.1. The molecule has 0 spiro atoms. The van der Waals surface area contributed by atoms with Gasteiger partial charge in [-0.2, -0.15) is 5.10 Å². The lowest BCUT2D eigenvalue weighted by Gasteiger charge is -2.09. The van der Waals surface area contributed by atoms with Gasteiger partial charge in [-0.25, -0.2) is 5.43 Å². The molecular formula is C18H15IN2O3. The number of ether oxygens (including phenoxy) is 2. The third-order valence-electron chi connectivity index (χ3n) is 2.98. The fraction of sp³-hybridized carbons (Fsp3) is 0.111. The first-order chi connectivity index (χ1) is 11.6. The molecule has 1 N–H and O–H groups in total. The lowest BCUT2D eigenvalue weighted by atomic mass is 10.2. The Hall–Kier alpha value is -2.53. The van der Waals surface area contributed by atoms with E-state index in [0.717, 1.165) is 9.13 Å². The number of amides is 1. The average molecular weight is 434 g/mol. The highest BCUT2D eigenvalue weighted by atomic mass is 127. The Kier molecular flexibility index (Phi) is 6.63. The number of halogens is 1. The van der Waals surface area contributed by atoms with Gasteiger partial charge in [0.2, 0.25) is 0 Å². The van der Waals surface area contributed by atoms with Gasteiger partial charge >= 0.3 is 0 Å². The minimum Gasteiger partial charge on any atom is -0.493 e. The largest absolute Gasteiger partial charge is 0.493 e. The van der Waals surface area contributed by atoms with Gasteiger partial charge in [0.15, 0.2) is 11.5 Å². The van der Waals surface area contributed by atoms with Crippen molar-refractivity contribution in [3.05, 3.63) is 57.2 Å². The van der Waals surface area contributed by atoms with E-state index in [-0.39, 0.29) is 12.5 Å². The summed E-state index contributed by atoms with van der Waals surface area (Å²) in [7, 11) is 1.54. The van der Waals surface area contributed by atoms with Gasteiger partial charge in [0.1, 0.15) is 6.61 Å². The van der Waals surface area contributed by atoms with Gasteiger partial charge < -0.3 is 9.47 Å². The van der Waals surface area contributed by atoms with Crippen molar-refractivity contribution in [2.45, 2.75) is 0 Å². The third kappa shape index (κ3) is 4.99. The first-order valence-electron chi connectivity index (χ1n) is 6.97. The van der Waals surface area contributed by atoms with Gasteiger partial charge in [-0.1, -0.05) is 5.92 Å². The van der Waals surface area contributed by atoms with Crippen molar-refractivity contribution < 1.29 is 14.3 Å². The lowest BCUT2D eigenvalue weighted by Crippen LogP contribution is -2.17. The summed E-state index contributed by atoms with van der Waals surface area (Å²) in [5.41, 5.74) is 3.78. The molecule has 0 fully saturated rings. The Labute approximate surface area is 154 Å². The SMILES string of the molecule is C#CCOc1ccc(/C=N\NC(=O)c2ccc(I)cc2)cc1OC. The zero-order valence-electron chi connectivity index (χ0n) is 13.0. The molecule has 2 aromatic rings. The van der Waals surface area contributed by atoms with Crippen molar-refractivity contribution in [1.82, 2.24) is 5.43 Å². The smallest absolute Gasteiger partial charge is 0.271 e. The number of nitrogens with zero attached hydrogens (tertiary/aromatic N) is 1. The van der Waals surface area contributed by atoms with E-state index in [4.69, 9.17) is 15.9 Å². The topological polar surface area (TPSA) is 59.9 Å². The minimum absolute atomic E-state index is 0.163.